The molecule has 0 aromatic heterocycles. The van der Waals surface area contributed by atoms with Crippen molar-refractivity contribution in [3.8, 4) is 0 Å². The van der Waals surface area contributed by atoms with Crippen molar-refractivity contribution in [2.45, 2.75) is 45.4 Å². The predicted octanol–water partition coefficient (Wildman–Crippen LogP) is 5.47. The van der Waals surface area contributed by atoms with Gasteiger partial charge in [-0.3, -0.25) is 9.59 Å². The Balaban J connectivity index is 2.73. The van der Waals surface area contributed by atoms with Crippen molar-refractivity contribution in [1.29, 1.82) is 0 Å². The van der Waals surface area contributed by atoms with Gasteiger partial charge in [-0.05, 0) is 43.3 Å². The Morgan fingerprint density at radius 3 is 2.29 bits per heavy atom. The van der Waals surface area contributed by atoms with Gasteiger partial charge in [-0.15, -0.1) is 23.5 Å². The maximum atomic E-state index is 13.5. The quantitative estimate of drug-likeness (QED) is 0.496. The highest BCUT2D eigenvalue weighted by Crippen LogP contribution is 2.46. The molecule has 0 aliphatic heterocycles. The molecule has 1 aliphatic carbocycles. The summed E-state index contributed by atoms with van der Waals surface area (Å²) in [6.07, 6.45) is 6.36. The molecule has 0 amide bonds. The summed E-state index contributed by atoms with van der Waals surface area (Å²) in [5, 5.41) is 0. The maximum absolute atomic E-state index is 13.5. The number of Topliss-reactive ketones (excluding diaryl/α,β-unsaturated/α-hetero) is 2. The highest BCUT2D eigenvalue weighted by molar-refractivity contribution is 8.21. The minimum absolute atomic E-state index is 0.0213. The lowest BCUT2D eigenvalue weighted by Crippen LogP contribution is -2.44. The van der Waals surface area contributed by atoms with Crippen LogP contribution in [0.3, 0.4) is 0 Å². The molecule has 4 heteroatoms. The third-order valence-electron chi connectivity index (χ3n) is 4.90. The van der Waals surface area contributed by atoms with E-state index in [1.165, 1.54) is 23.5 Å². The molecule has 0 fully saturated rings. The summed E-state index contributed by atoms with van der Waals surface area (Å²) in [5.74, 6) is 0.440. The second kappa shape index (κ2) is 7.92. The first-order chi connectivity index (χ1) is 11.4. The number of hydrogen-bond acceptors (Lipinski definition) is 4. The topological polar surface area (TPSA) is 34.1 Å². The number of carbonyl (C=O) groups is 2. The Morgan fingerprint density at radius 1 is 1.12 bits per heavy atom. The van der Waals surface area contributed by atoms with E-state index in [4.69, 9.17) is 0 Å². The highest BCUT2D eigenvalue weighted by Gasteiger charge is 2.48. The Bertz CT molecular complexity index is 670. The highest BCUT2D eigenvalue weighted by atomic mass is 32.2. The predicted molar refractivity (Wildman–Crippen MR) is 106 cm³/mol. The van der Waals surface area contributed by atoms with Crippen molar-refractivity contribution >= 4 is 35.1 Å². The van der Waals surface area contributed by atoms with Gasteiger partial charge in [0.05, 0.1) is 15.2 Å². The van der Waals surface area contributed by atoms with Gasteiger partial charge in [-0.25, -0.2) is 0 Å². The van der Waals surface area contributed by atoms with Gasteiger partial charge in [-0.1, -0.05) is 45.0 Å². The van der Waals surface area contributed by atoms with Crippen LogP contribution >= 0.6 is 23.5 Å². The van der Waals surface area contributed by atoms with Crippen LogP contribution < -0.4 is 0 Å². The third-order valence-corrected chi connectivity index (χ3v) is 7.05. The second-order valence-corrected chi connectivity index (χ2v) is 8.53. The summed E-state index contributed by atoms with van der Waals surface area (Å²) in [5.41, 5.74) is 1.46. The fourth-order valence-corrected chi connectivity index (χ4v) is 4.93. The molecule has 0 saturated heterocycles. The van der Waals surface area contributed by atoms with Crippen LogP contribution in [-0.4, -0.2) is 24.1 Å². The molecule has 24 heavy (non-hydrogen) atoms. The van der Waals surface area contributed by atoms with Crippen molar-refractivity contribution in [2.24, 2.45) is 5.92 Å². The van der Waals surface area contributed by atoms with Crippen LogP contribution in [0.2, 0.25) is 0 Å². The van der Waals surface area contributed by atoms with E-state index in [2.05, 4.69) is 20.8 Å². The van der Waals surface area contributed by atoms with Crippen molar-refractivity contribution in [2.75, 3.05) is 12.5 Å². The Morgan fingerprint density at radius 2 is 1.75 bits per heavy atom. The number of hydrogen-bond donors (Lipinski definition) is 0. The average Bonchev–Trinajstić information content (AvgIpc) is 2.59. The smallest absolute Gasteiger partial charge is 0.198 e. The van der Waals surface area contributed by atoms with E-state index in [0.717, 1.165) is 29.1 Å². The maximum Gasteiger partial charge on any atom is 0.198 e. The van der Waals surface area contributed by atoms with E-state index < -0.39 is 5.41 Å². The van der Waals surface area contributed by atoms with Gasteiger partial charge in [0, 0.05) is 5.56 Å². The summed E-state index contributed by atoms with van der Waals surface area (Å²) in [6, 6.07) is 7.69. The van der Waals surface area contributed by atoms with Crippen LogP contribution in [0.15, 0.2) is 34.1 Å². The van der Waals surface area contributed by atoms with Gasteiger partial charge in [0.2, 0.25) is 0 Å². The number of ketones is 2. The molecule has 1 aromatic carbocycles. The summed E-state index contributed by atoms with van der Waals surface area (Å²) in [4.78, 5) is 26.5. The van der Waals surface area contributed by atoms with Gasteiger partial charge >= 0.3 is 0 Å². The summed E-state index contributed by atoms with van der Waals surface area (Å²) >= 11 is 2.99. The zero-order chi connectivity index (χ0) is 17.9. The Kier molecular flexibility index (Phi) is 6.38. The van der Waals surface area contributed by atoms with E-state index in [1.807, 2.05) is 36.8 Å². The Labute approximate surface area is 153 Å². The number of rotatable bonds is 6. The van der Waals surface area contributed by atoms with E-state index in [1.54, 1.807) is 0 Å². The third kappa shape index (κ3) is 3.23. The van der Waals surface area contributed by atoms with E-state index in [9.17, 15) is 9.59 Å². The van der Waals surface area contributed by atoms with E-state index in [0.29, 0.717) is 17.1 Å². The molecule has 0 spiro atoms. The minimum Gasteiger partial charge on any atom is -0.293 e. The van der Waals surface area contributed by atoms with Crippen molar-refractivity contribution in [3.05, 3.63) is 45.2 Å². The summed E-state index contributed by atoms with van der Waals surface area (Å²) in [6.45, 7) is 6.43. The number of carbonyl (C=O) groups excluding carboxylic acids is 2. The molecule has 0 heterocycles. The standard InChI is InChI=1S/C20H26O2S2/c1-6-20(12-11-13(2)3)15-10-8-7-9-14(15)17(21)16(18(20)22)19(23-4)24-5/h7-10,13H,6,11-12H2,1-5H3. The molecule has 0 N–H and O–H groups in total. The monoisotopic (exact) mass is 362 g/mol. The van der Waals surface area contributed by atoms with Crippen LogP contribution in [0.5, 0.6) is 0 Å². The van der Waals surface area contributed by atoms with E-state index in [-0.39, 0.29) is 11.6 Å². The first-order valence-electron chi connectivity index (χ1n) is 8.44. The molecule has 2 nitrogen and oxygen atoms in total. The zero-order valence-corrected chi connectivity index (χ0v) is 16.8. The first-order valence-corrected chi connectivity index (χ1v) is 10.9. The van der Waals surface area contributed by atoms with Crippen LogP contribution in [0.1, 0.15) is 56.0 Å². The van der Waals surface area contributed by atoms with Crippen LogP contribution in [-0.2, 0) is 10.2 Å². The fraction of sp³-hybridized carbons (Fsp3) is 0.500. The Hall–Kier alpha value is -1.00. The molecular weight excluding hydrogens is 336 g/mol. The lowest BCUT2D eigenvalue weighted by Gasteiger charge is -2.38. The van der Waals surface area contributed by atoms with Crippen molar-refractivity contribution < 1.29 is 9.59 Å². The van der Waals surface area contributed by atoms with Gasteiger partial charge in [-0.2, -0.15) is 0 Å². The molecule has 0 saturated carbocycles. The number of benzene rings is 1. The van der Waals surface area contributed by atoms with E-state index >= 15 is 0 Å². The molecule has 0 bridgehead atoms. The lowest BCUT2D eigenvalue weighted by molar-refractivity contribution is -0.121. The molecule has 1 aliphatic rings. The van der Waals surface area contributed by atoms with Gasteiger partial charge in [0.1, 0.15) is 0 Å². The number of fused-ring (bicyclic) bond motifs is 1. The lowest BCUT2D eigenvalue weighted by atomic mass is 9.63. The molecular formula is C20H26O2S2. The van der Waals surface area contributed by atoms with Crippen molar-refractivity contribution in [1.82, 2.24) is 0 Å². The first kappa shape index (κ1) is 19.3. The van der Waals surface area contributed by atoms with Crippen LogP contribution in [0, 0.1) is 5.92 Å². The number of thioether (sulfide) groups is 2. The SMILES string of the molecule is CCC1(CCC(C)C)C(=O)C(=C(SC)SC)C(=O)c2ccccc21. The summed E-state index contributed by atoms with van der Waals surface area (Å²) < 4.78 is 0.835. The molecule has 130 valence electrons. The van der Waals surface area contributed by atoms with Crippen molar-refractivity contribution in [3.63, 3.8) is 0 Å². The summed E-state index contributed by atoms with van der Waals surface area (Å²) in [7, 11) is 0. The molecule has 0 radical (unpaired) electrons. The zero-order valence-electron chi connectivity index (χ0n) is 15.1. The largest absolute Gasteiger partial charge is 0.293 e. The van der Waals surface area contributed by atoms with Gasteiger partial charge in [0.25, 0.3) is 0 Å². The average molecular weight is 363 g/mol. The molecule has 2 rings (SSSR count). The fourth-order valence-electron chi connectivity index (χ4n) is 3.48. The van der Waals surface area contributed by atoms with Gasteiger partial charge < -0.3 is 0 Å². The molecule has 1 unspecified atom stereocenters. The molecule has 1 aromatic rings. The minimum atomic E-state index is -0.569. The van der Waals surface area contributed by atoms with Crippen LogP contribution in [0.4, 0.5) is 0 Å². The molecule has 1 atom stereocenters. The normalized spacial score (nSPS) is 20.5. The van der Waals surface area contributed by atoms with Crippen LogP contribution in [0.25, 0.3) is 0 Å². The number of allylic oxidation sites excluding steroid dienone is 1. The van der Waals surface area contributed by atoms with Gasteiger partial charge in [0.15, 0.2) is 11.6 Å². The second-order valence-electron chi connectivity index (χ2n) is 6.64.